The van der Waals surface area contributed by atoms with E-state index in [-0.39, 0.29) is 11.5 Å². The highest BCUT2D eigenvalue weighted by molar-refractivity contribution is 5.22. The molecule has 0 amide bonds. The summed E-state index contributed by atoms with van der Waals surface area (Å²) in [7, 11) is 0. The lowest BCUT2D eigenvalue weighted by molar-refractivity contribution is -0.479. The van der Waals surface area contributed by atoms with Gasteiger partial charge in [-0.1, -0.05) is 38.1 Å². The van der Waals surface area contributed by atoms with Gasteiger partial charge in [-0.25, -0.2) is 0 Å². The van der Waals surface area contributed by atoms with E-state index in [0.29, 0.717) is 12.3 Å². The molecule has 0 saturated carbocycles. The summed E-state index contributed by atoms with van der Waals surface area (Å²) < 4.78 is 0. The Morgan fingerprint density at radius 2 is 1.73 bits per heavy atom. The van der Waals surface area contributed by atoms with Crippen LogP contribution in [0.15, 0.2) is 24.3 Å². The molecule has 0 radical (unpaired) electrons. The Hall–Kier alpha value is -1.38. The Kier molecular flexibility index (Phi) is 4.28. The Labute approximate surface area is 90.3 Å². The molecule has 82 valence electrons. The van der Waals surface area contributed by atoms with Crippen LogP contribution in [0, 0.1) is 16.0 Å². The van der Waals surface area contributed by atoms with E-state index in [0.717, 1.165) is 12.0 Å². The predicted molar refractivity (Wildman–Crippen MR) is 60.5 cm³/mol. The molecule has 0 unspecified atom stereocenters. The molecule has 0 spiro atoms. The zero-order valence-electron chi connectivity index (χ0n) is 9.27. The number of benzene rings is 1. The number of hydrogen-bond donors (Lipinski definition) is 0. The highest BCUT2D eigenvalue weighted by atomic mass is 16.6. The SMILES string of the molecule is CC(C)Cc1ccc(CC[N+](=O)[O-])cc1. The van der Waals surface area contributed by atoms with Crippen LogP contribution in [-0.2, 0) is 12.8 Å². The van der Waals surface area contributed by atoms with Crippen molar-refractivity contribution in [1.82, 2.24) is 0 Å². The van der Waals surface area contributed by atoms with Gasteiger partial charge in [0.05, 0.1) is 0 Å². The molecular formula is C12H17NO2. The summed E-state index contributed by atoms with van der Waals surface area (Å²) in [5.74, 6) is 0.648. The van der Waals surface area contributed by atoms with Crippen molar-refractivity contribution in [2.75, 3.05) is 6.54 Å². The smallest absolute Gasteiger partial charge is 0.207 e. The Morgan fingerprint density at radius 1 is 1.20 bits per heavy atom. The van der Waals surface area contributed by atoms with Gasteiger partial charge in [-0.3, -0.25) is 10.1 Å². The lowest BCUT2D eigenvalue weighted by Gasteiger charge is -2.05. The fourth-order valence-corrected chi connectivity index (χ4v) is 1.53. The molecule has 0 aliphatic rings. The van der Waals surface area contributed by atoms with Crippen molar-refractivity contribution in [2.45, 2.75) is 26.7 Å². The average Bonchev–Trinajstić information content (AvgIpc) is 2.16. The first-order valence-electron chi connectivity index (χ1n) is 5.27. The molecule has 0 heterocycles. The fraction of sp³-hybridized carbons (Fsp3) is 0.500. The number of nitro groups is 1. The number of rotatable bonds is 5. The summed E-state index contributed by atoms with van der Waals surface area (Å²) in [6.45, 7) is 4.38. The van der Waals surface area contributed by atoms with Gasteiger partial charge in [0.15, 0.2) is 0 Å². The average molecular weight is 207 g/mol. The van der Waals surface area contributed by atoms with E-state index >= 15 is 0 Å². The topological polar surface area (TPSA) is 43.1 Å². The molecule has 0 bridgehead atoms. The van der Waals surface area contributed by atoms with E-state index in [1.165, 1.54) is 5.56 Å². The lowest BCUT2D eigenvalue weighted by Crippen LogP contribution is -2.04. The first-order chi connectivity index (χ1) is 7.08. The second kappa shape index (κ2) is 5.49. The van der Waals surface area contributed by atoms with Gasteiger partial charge in [0.1, 0.15) is 0 Å². The van der Waals surface area contributed by atoms with Crippen molar-refractivity contribution in [2.24, 2.45) is 5.92 Å². The first kappa shape index (κ1) is 11.7. The third kappa shape index (κ3) is 4.58. The van der Waals surface area contributed by atoms with E-state index in [4.69, 9.17) is 0 Å². The molecule has 1 aromatic carbocycles. The van der Waals surface area contributed by atoms with Gasteiger partial charge in [-0.05, 0) is 23.5 Å². The third-order valence-corrected chi connectivity index (χ3v) is 2.25. The Bertz CT molecular complexity index is 317. The van der Waals surface area contributed by atoms with E-state index in [9.17, 15) is 10.1 Å². The molecule has 0 N–H and O–H groups in total. The van der Waals surface area contributed by atoms with Crippen LogP contribution >= 0.6 is 0 Å². The minimum absolute atomic E-state index is 0.0174. The van der Waals surface area contributed by atoms with E-state index in [1.54, 1.807) is 0 Å². The number of hydrogen-bond acceptors (Lipinski definition) is 2. The second-order valence-electron chi connectivity index (χ2n) is 4.22. The van der Waals surface area contributed by atoms with Crippen LogP contribution in [0.3, 0.4) is 0 Å². The minimum Gasteiger partial charge on any atom is -0.265 e. The largest absolute Gasteiger partial charge is 0.265 e. The van der Waals surface area contributed by atoms with Crippen molar-refractivity contribution in [3.05, 3.63) is 45.5 Å². The lowest BCUT2D eigenvalue weighted by atomic mass is 10.0. The molecule has 0 aliphatic heterocycles. The summed E-state index contributed by atoms with van der Waals surface area (Å²) in [4.78, 5) is 9.91. The molecule has 0 aromatic heterocycles. The van der Waals surface area contributed by atoms with Crippen LogP contribution in [-0.4, -0.2) is 11.5 Å². The van der Waals surface area contributed by atoms with Crippen molar-refractivity contribution < 1.29 is 4.92 Å². The highest BCUT2D eigenvalue weighted by Gasteiger charge is 2.01. The minimum atomic E-state index is -0.276. The summed E-state index contributed by atoms with van der Waals surface area (Å²) >= 11 is 0. The third-order valence-electron chi connectivity index (χ3n) is 2.25. The van der Waals surface area contributed by atoms with Gasteiger partial charge in [-0.2, -0.15) is 0 Å². The zero-order chi connectivity index (χ0) is 11.3. The maximum atomic E-state index is 10.2. The van der Waals surface area contributed by atoms with Crippen molar-refractivity contribution >= 4 is 0 Å². The molecule has 1 aromatic rings. The fourth-order valence-electron chi connectivity index (χ4n) is 1.53. The van der Waals surface area contributed by atoms with E-state index in [2.05, 4.69) is 26.0 Å². The quantitative estimate of drug-likeness (QED) is 0.550. The van der Waals surface area contributed by atoms with Crippen LogP contribution in [0.25, 0.3) is 0 Å². The molecule has 15 heavy (non-hydrogen) atoms. The zero-order valence-corrected chi connectivity index (χ0v) is 9.27. The van der Waals surface area contributed by atoms with Crippen LogP contribution in [0.4, 0.5) is 0 Å². The van der Waals surface area contributed by atoms with Gasteiger partial charge < -0.3 is 0 Å². The molecule has 0 aliphatic carbocycles. The summed E-state index contributed by atoms with van der Waals surface area (Å²) in [6, 6.07) is 8.10. The van der Waals surface area contributed by atoms with E-state index in [1.807, 2.05) is 12.1 Å². The normalized spacial score (nSPS) is 10.6. The first-order valence-corrected chi connectivity index (χ1v) is 5.27. The molecule has 0 fully saturated rings. The number of nitrogens with zero attached hydrogens (tertiary/aromatic N) is 1. The predicted octanol–water partition coefficient (Wildman–Crippen LogP) is 2.70. The van der Waals surface area contributed by atoms with Gasteiger partial charge in [0, 0.05) is 11.3 Å². The molecule has 0 saturated heterocycles. The van der Waals surface area contributed by atoms with Gasteiger partial charge in [-0.15, -0.1) is 0 Å². The molecular weight excluding hydrogens is 190 g/mol. The molecule has 1 rings (SSSR count). The van der Waals surface area contributed by atoms with Crippen molar-refractivity contribution in [3.8, 4) is 0 Å². The summed E-state index contributed by atoms with van der Waals surface area (Å²) in [5, 5.41) is 10.2. The summed E-state index contributed by atoms with van der Waals surface area (Å²) in [6.07, 6.45) is 1.59. The van der Waals surface area contributed by atoms with Crippen LogP contribution in [0.5, 0.6) is 0 Å². The van der Waals surface area contributed by atoms with Crippen molar-refractivity contribution in [3.63, 3.8) is 0 Å². The van der Waals surface area contributed by atoms with Crippen LogP contribution in [0.1, 0.15) is 25.0 Å². The van der Waals surface area contributed by atoms with Gasteiger partial charge in [0.2, 0.25) is 6.54 Å². The van der Waals surface area contributed by atoms with Crippen molar-refractivity contribution in [1.29, 1.82) is 0 Å². The second-order valence-corrected chi connectivity index (χ2v) is 4.22. The monoisotopic (exact) mass is 207 g/mol. The van der Waals surface area contributed by atoms with Gasteiger partial charge >= 0.3 is 0 Å². The van der Waals surface area contributed by atoms with Crippen LogP contribution in [0.2, 0.25) is 0 Å². The highest BCUT2D eigenvalue weighted by Crippen LogP contribution is 2.10. The van der Waals surface area contributed by atoms with Crippen LogP contribution < -0.4 is 0 Å². The Morgan fingerprint density at radius 3 is 2.20 bits per heavy atom. The molecule has 3 nitrogen and oxygen atoms in total. The Balaban J connectivity index is 2.52. The standard InChI is InChI=1S/C12H17NO2/c1-10(2)9-12-5-3-11(4-6-12)7-8-13(14)15/h3-6,10H,7-9H2,1-2H3. The maximum Gasteiger partial charge on any atom is 0.207 e. The molecule has 0 atom stereocenters. The summed E-state index contributed by atoms with van der Waals surface area (Å²) in [5.41, 5.74) is 2.34. The van der Waals surface area contributed by atoms with Gasteiger partial charge in [0.25, 0.3) is 0 Å². The maximum absolute atomic E-state index is 10.2. The van der Waals surface area contributed by atoms with E-state index < -0.39 is 0 Å². The molecule has 3 heteroatoms.